The van der Waals surface area contributed by atoms with Crippen LogP contribution in [0.5, 0.6) is 11.8 Å². The van der Waals surface area contributed by atoms with Crippen LogP contribution in [-0.2, 0) is 4.79 Å². The first kappa shape index (κ1) is 15.0. The van der Waals surface area contributed by atoms with E-state index < -0.39 is 0 Å². The minimum absolute atomic E-state index is 0.0477. The number of rotatable bonds is 6. The third kappa shape index (κ3) is 3.82. The molecule has 1 aliphatic rings. The topological polar surface area (TPSA) is 64.6 Å². The number of aromatic nitrogens is 2. The van der Waals surface area contributed by atoms with Crippen molar-refractivity contribution < 1.29 is 14.3 Å². The van der Waals surface area contributed by atoms with Crippen LogP contribution in [-0.4, -0.2) is 52.4 Å². The lowest BCUT2D eigenvalue weighted by Crippen LogP contribution is -2.30. The van der Waals surface area contributed by atoms with E-state index in [9.17, 15) is 4.79 Å². The number of hydrogen-bond donors (Lipinski definition) is 0. The van der Waals surface area contributed by atoms with E-state index in [-0.39, 0.29) is 12.0 Å². The molecule has 2 heterocycles. The van der Waals surface area contributed by atoms with Crippen LogP contribution in [0.15, 0.2) is 12.4 Å². The number of likely N-dealkylation sites (tertiary alicyclic amines) is 1. The first-order valence-corrected chi connectivity index (χ1v) is 7.72. The maximum absolute atomic E-state index is 11.9. The predicted molar refractivity (Wildman–Crippen MR) is 77.2 cm³/mol. The number of hydrogen-bond acceptors (Lipinski definition) is 5. The fourth-order valence-electron chi connectivity index (χ4n) is 2.12. The summed E-state index contributed by atoms with van der Waals surface area (Å²) in [5.41, 5.74) is 0. The molecule has 0 saturated carbocycles. The van der Waals surface area contributed by atoms with Crippen LogP contribution in [0, 0.1) is 0 Å². The van der Waals surface area contributed by atoms with Crippen LogP contribution in [0.2, 0.25) is 0 Å². The van der Waals surface area contributed by atoms with E-state index in [1.807, 2.05) is 4.90 Å². The summed E-state index contributed by atoms with van der Waals surface area (Å²) in [7, 11) is 1.53. The quantitative estimate of drug-likeness (QED) is 0.734. The Morgan fingerprint density at radius 2 is 2.20 bits per heavy atom. The third-order valence-electron chi connectivity index (χ3n) is 3.13. The number of halogens is 1. The summed E-state index contributed by atoms with van der Waals surface area (Å²) in [5.74, 6) is 0.938. The van der Waals surface area contributed by atoms with Crippen LogP contribution in [0.25, 0.3) is 0 Å². The van der Waals surface area contributed by atoms with Crippen molar-refractivity contribution in [2.24, 2.45) is 0 Å². The summed E-state index contributed by atoms with van der Waals surface area (Å²) in [6.45, 7) is 1.33. The van der Waals surface area contributed by atoms with Gasteiger partial charge in [0.15, 0.2) is 0 Å². The highest BCUT2D eigenvalue weighted by molar-refractivity contribution is 9.09. The highest BCUT2D eigenvalue weighted by Crippen LogP contribution is 2.24. The molecule has 110 valence electrons. The Labute approximate surface area is 126 Å². The maximum Gasteiger partial charge on any atom is 0.278 e. The molecule has 0 radical (unpaired) electrons. The first-order chi connectivity index (χ1) is 9.74. The lowest BCUT2D eigenvalue weighted by atomic mass is 10.3. The molecule has 1 unspecified atom stereocenters. The van der Waals surface area contributed by atoms with Gasteiger partial charge in [0.2, 0.25) is 5.91 Å². The maximum atomic E-state index is 11.9. The minimum atomic E-state index is -0.0477. The normalized spacial score (nSPS) is 18.1. The Morgan fingerprint density at radius 1 is 1.45 bits per heavy atom. The number of carbonyl (C=O) groups is 1. The fraction of sp³-hybridized carbons (Fsp3) is 0.615. The molecule has 0 spiro atoms. The molecule has 1 amide bonds. The van der Waals surface area contributed by atoms with E-state index in [4.69, 9.17) is 9.47 Å². The van der Waals surface area contributed by atoms with Crippen molar-refractivity contribution in [3.8, 4) is 11.8 Å². The van der Waals surface area contributed by atoms with Crippen molar-refractivity contribution in [2.45, 2.75) is 25.4 Å². The Hall–Kier alpha value is -1.37. The van der Waals surface area contributed by atoms with Crippen molar-refractivity contribution in [1.82, 2.24) is 14.9 Å². The first-order valence-electron chi connectivity index (χ1n) is 6.60. The lowest BCUT2D eigenvalue weighted by molar-refractivity contribution is -0.130. The summed E-state index contributed by atoms with van der Waals surface area (Å²) >= 11 is 3.33. The minimum Gasteiger partial charge on any atom is -0.477 e. The summed E-state index contributed by atoms with van der Waals surface area (Å²) in [6, 6.07) is 0. The van der Waals surface area contributed by atoms with Gasteiger partial charge < -0.3 is 14.4 Å². The van der Waals surface area contributed by atoms with Crippen LogP contribution in [0.1, 0.15) is 19.3 Å². The Bertz CT molecular complexity index is 458. The molecule has 2 rings (SSSR count). The number of nitrogens with zero attached hydrogens (tertiary/aromatic N) is 3. The molecule has 1 fully saturated rings. The average molecular weight is 344 g/mol. The monoisotopic (exact) mass is 343 g/mol. The van der Waals surface area contributed by atoms with Gasteiger partial charge in [0.05, 0.1) is 13.7 Å². The van der Waals surface area contributed by atoms with Gasteiger partial charge in [0.25, 0.3) is 11.8 Å². The molecule has 0 bridgehead atoms. The summed E-state index contributed by atoms with van der Waals surface area (Å²) in [6.07, 6.45) is 5.31. The third-order valence-corrected chi connectivity index (χ3v) is 3.69. The second-order valence-corrected chi connectivity index (χ2v) is 5.32. The van der Waals surface area contributed by atoms with E-state index in [2.05, 4.69) is 25.9 Å². The van der Waals surface area contributed by atoms with Gasteiger partial charge in [-0.25, -0.2) is 9.97 Å². The number of alkyl halides is 1. The van der Waals surface area contributed by atoms with Gasteiger partial charge in [-0.3, -0.25) is 4.79 Å². The lowest BCUT2D eigenvalue weighted by Gasteiger charge is -2.17. The zero-order valence-corrected chi connectivity index (χ0v) is 13.0. The van der Waals surface area contributed by atoms with Crippen molar-refractivity contribution in [2.75, 3.05) is 25.5 Å². The Kier molecular flexibility index (Phi) is 5.58. The Balaban J connectivity index is 1.88. The van der Waals surface area contributed by atoms with E-state index in [1.54, 1.807) is 12.4 Å². The zero-order valence-electron chi connectivity index (χ0n) is 11.4. The molecule has 0 N–H and O–H groups in total. The fourth-order valence-corrected chi connectivity index (χ4v) is 2.40. The summed E-state index contributed by atoms with van der Waals surface area (Å²) < 4.78 is 10.9. The van der Waals surface area contributed by atoms with E-state index in [1.165, 1.54) is 7.11 Å². The second kappa shape index (κ2) is 7.42. The molecule has 1 aromatic rings. The van der Waals surface area contributed by atoms with Crippen LogP contribution in [0.3, 0.4) is 0 Å². The van der Waals surface area contributed by atoms with E-state index >= 15 is 0 Å². The van der Waals surface area contributed by atoms with Gasteiger partial charge in [0.1, 0.15) is 6.10 Å². The zero-order chi connectivity index (χ0) is 14.4. The molecule has 20 heavy (non-hydrogen) atoms. The predicted octanol–water partition coefficient (Wildman–Crippen LogP) is 1.64. The molecular formula is C13H18BrN3O3. The SMILES string of the molecule is COc1nccnc1OC1CCN(C(=O)CCCBr)C1. The molecule has 1 aliphatic heterocycles. The largest absolute Gasteiger partial charge is 0.477 e. The smallest absolute Gasteiger partial charge is 0.278 e. The van der Waals surface area contributed by atoms with Crippen LogP contribution < -0.4 is 9.47 Å². The van der Waals surface area contributed by atoms with Crippen molar-refractivity contribution >= 4 is 21.8 Å². The van der Waals surface area contributed by atoms with Crippen molar-refractivity contribution in [3.63, 3.8) is 0 Å². The van der Waals surface area contributed by atoms with Gasteiger partial charge in [-0.15, -0.1) is 0 Å². The van der Waals surface area contributed by atoms with E-state index in [0.29, 0.717) is 24.7 Å². The van der Waals surface area contributed by atoms with Gasteiger partial charge >= 0.3 is 0 Å². The number of ether oxygens (including phenoxy) is 2. The van der Waals surface area contributed by atoms with Crippen molar-refractivity contribution in [3.05, 3.63) is 12.4 Å². The molecule has 1 aromatic heterocycles. The molecule has 7 heteroatoms. The standard InChI is InChI=1S/C13H18BrN3O3/c1-19-12-13(16-7-6-15-12)20-10-4-8-17(9-10)11(18)3-2-5-14/h6-7,10H,2-5,8-9H2,1H3. The number of methoxy groups -OCH3 is 1. The molecule has 1 atom stereocenters. The number of amides is 1. The second-order valence-electron chi connectivity index (χ2n) is 4.53. The highest BCUT2D eigenvalue weighted by atomic mass is 79.9. The summed E-state index contributed by atoms with van der Waals surface area (Å²) in [4.78, 5) is 21.9. The van der Waals surface area contributed by atoms with Crippen LogP contribution in [0.4, 0.5) is 0 Å². The molecule has 1 saturated heterocycles. The Morgan fingerprint density at radius 3 is 2.90 bits per heavy atom. The van der Waals surface area contributed by atoms with Crippen LogP contribution >= 0.6 is 15.9 Å². The van der Waals surface area contributed by atoms with Gasteiger partial charge in [-0.1, -0.05) is 15.9 Å². The van der Waals surface area contributed by atoms with Gasteiger partial charge in [-0.2, -0.15) is 0 Å². The average Bonchev–Trinajstić information content (AvgIpc) is 2.94. The van der Waals surface area contributed by atoms with Gasteiger partial charge in [-0.05, 0) is 6.42 Å². The molecule has 0 aliphatic carbocycles. The summed E-state index contributed by atoms with van der Waals surface area (Å²) in [5, 5.41) is 0.851. The molecular weight excluding hydrogens is 326 g/mol. The highest BCUT2D eigenvalue weighted by Gasteiger charge is 2.28. The number of carbonyl (C=O) groups excluding carboxylic acids is 1. The van der Waals surface area contributed by atoms with Gasteiger partial charge in [0, 0.05) is 37.1 Å². The van der Waals surface area contributed by atoms with E-state index in [0.717, 1.165) is 24.7 Å². The molecule has 0 aromatic carbocycles. The van der Waals surface area contributed by atoms with Crippen molar-refractivity contribution in [1.29, 1.82) is 0 Å². The molecule has 6 nitrogen and oxygen atoms in total.